The minimum Gasteiger partial charge on any atom is -0.376 e. The SMILES string of the molecule is CC1C(=O)N(c2ccc(SC(F)(F)F)cc2)C(=O)N1Cc1ccnc2c(N(C)C)cccc12. The number of urea groups is 1. The highest BCUT2D eigenvalue weighted by atomic mass is 32.2. The molecule has 172 valence electrons. The Balaban J connectivity index is 1.62. The van der Waals surface area contributed by atoms with E-state index in [0.717, 1.165) is 27.1 Å². The van der Waals surface area contributed by atoms with Crippen molar-refractivity contribution in [3.8, 4) is 0 Å². The molecule has 1 aliphatic heterocycles. The van der Waals surface area contributed by atoms with E-state index < -0.39 is 23.5 Å². The van der Waals surface area contributed by atoms with E-state index in [9.17, 15) is 22.8 Å². The number of alkyl halides is 3. The molecule has 0 bridgehead atoms. The number of para-hydroxylation sites is 1. The quantitative estimate of drug-likeness (QED) is 0.373. The minimum absolute atomic E-state index is 0.0183. The molecule has 6 nitrogen and oxygen atoms in total. The Morgan fingerprint density at radius 3 is 2.39 bits per heavy atom. The highest BCUT2D eigenvalue weighted by Crippen LogP contribution is 2.38. The third-order valence-electron chi connectivity index (χ3n) is 5.47. The molecule has 0 saturated carbocycles. The second-order valence-corrected chi connectivity index (χ2v) is 8.98. The van der Waals surface area contributed by atoms with E-state index in [1.807, 2.05) is 43.3 Å². The summed E-state index contributed by atoms with van der Waals surface area (Å²) in [6, 6.07) is 11.6. The second-order valence-electron chi connectivity index (χ2n) is 7.84. The van der Waals surface area contributed by atoms with Crippen LogP contribution in [0.25, 0.3) is 10.9 Å². The number of amides is 3. The predicted octanol–water partition coefficient (Wildman–Crippen LogP) is 5.27. The fourth-order valence-corrected chi connectivity index (χ4v) is 4.39. The summed E-state index contributed by atoms with van der Waals surface area (Å²) in [5.74, 6) is -0.427. The van der Waals surface area contributed by atoms with E-state index >= 15 is 0 Å². The maximum Gasteiger partial charge on any atom is 0.446 e. The molecule has 1 saturated heterocycles. The summed E-state index contributed by atoms with van der Waals surface area (Å²) in [7, 11) is 3.84. The van der Waals surface area contributed by atoms with Crippen molar-refractivity contribution in [1.29, 1.82) is 0 Å². The normalized spacial score (nSPS) is 16.7. The van der Waals surface area contributed by atoms with Gasteiger partial charge in [0.25, 0.3) is 5.91 Å². The summed E-state index contributed by atoms with van der Waals surface area (Å²) in [5, 5.41) is 0.878. The van der Waals surface area contributed by atoms with Gasteiger partial charge in [0.15, 0.2) is 0 Å². The first kappa shape index (κ1) is 22.9. The van der Waals surface area contributed by atoms with E-state index in [4.69, 9.17) is 0 Å². The number of imide groups is 1. The molecule has 3 amide bonds. The van der Waals surface area contributed by atoms with Gasteiger partial charge in [-0.05, 0) is 60.6 Å². The standard InChI is InChI=1S/C23H21F3N4O2S/c1-14-21(31)30(16-7-9-17(10-8-16)33-23(24,25)26)22(32)29(14)13-15-11-12-27-20-18(15)5-4-6-19(20)28(2)3/h4-12,14H,13H2,1-3H3. The molecule has 3 aromatic rings. The molecule has 2 aromatic carbocycles. The average molecular weight is 475 g/mol. The first-order valence-electron chi connectivity index (χ1n) is 10.1. The largest absolute Gasteiger partial charge is 0.446 e. The van der Waals surface area contributed by atoms with Gasteiger partial charge in [-0.3, -0.25) is 9.78 Å². The van der Waals surface area contributed by atoms with E-state index in [1.54, 1.807) is 13.1 Å². The van der Waals surface area contributed by atoms with Crippen molar-refractivity contribution in [3.63, 3.8) is 0 Å². The number of pyridine rings is 1. The number of carbonyl (C=O) groups is 2. The van der Waals surface area contributed by atoms with E-state index in [-0.39, 0.29) is 28.9 Å². The monoisotopic (exact) mass is 474 g/mol. The van der Waals surface area contributed by atoms with Gasteiger partial charge in [-0.2, -0.15) is 13.2 Å². The summed E-state index contributed by atoms with van der Waals surface area (Å²) in [6.45, 7) is 1.84. The van der Waals surface area contributed by atoms with Crippen molar-refractivity contribution in [3.05, 3.63) is 60.3 Å². The van der Waals surface area contributed by atoms with Gasteiger partial charge in [-0.1, -0.05) is 12.1 Å². The summed E-state index contributed by atoms with van der Waals surface area (Å²) in [4.78, 5) is 35.0. The number of halogens is 3. The maximum atomic E-state index is 13.2. The van der Waals surface area contributed by atoms with Gasteiger partial charge in [-0.15, -0.1) is 0 Å². The minimum atomic E-state index is -4.41. The Labute approximate surface area is 193 Å². The van der Waals surface area contributed by atoms with Crippen LogP contribution >= 0.6 is 11.8 Å². The van der Waals surface area contributed by atoms with Gasteiger partial charge in [0, 0.05) is 37.1 Å². The van der Waals surface area contributed by atoms with Crippen molar-refractivity contribution in [2.24, 2.45) is 0 Å². The summed E-state index contributed by atoms with van der Waals surface area (Å²) in [5.41, 5.74) is -1.60. The van der Waals surface area contributed by atoms with E-state index in [1.165, 1.54) is 29.2 Å². The predicted molar refractivity (Wildman–Crippen MR) is 122 cm³/mol. The fourth-order valence-electron chi connectivity index (χ4n) is 3.85. The number of nitrogens with zero attached hydrogens (tertiary/aromatic N) is 4. The molecule has 4 rings (SSSR count). The molecule has 1 unspecified atom stereocenters. The molecule has 1 aromatic heterocycles. The molecule has 0 N–H and O–H groups in total. The molecule has 10 heteroatoms. The van der Waals surface area contributed by atoms with Crippen molar-refractivity contribution < 1.29 is 22.8 Å². The molecular formula is C23H21F3N4O2S. The number of fused-ring (bicyclic) bond motifs is 1. The van der Waals surface area contributed by atoms with Gasteiger partial charge in [0.1, 0.15) is 6.04 Å². The summed E-state index contributed by atoms with van der Waals surface area (Å²) >= 11 is -0.248. The van der Waals surface area contributed by atoms with Gasteiger partial charge in [-0.25, -0.2) is 9.69 Å². The molecular weight excluding hydrogens is 453 g/mol. The Morgan fingerprint density at radius 1 is 1.06 bits per heavy atom. The molecule has 1 fully saturated rings. The van der Waals surface area contributed by atoms with Crippen LogP contribution in [0.3, 0.4) is 0 Å². The molecule has 1 aliphatic rings. The average Bonchev–Trinajstić information content (AvgIpc) is 2.96. The zero-order valence-corrected chi connectivity index (χ0v) is 18.9. The van der Waals surface area contributed by atoms with Crippen LogP contribution in [0.1, 0.15) is 12.5 Å². The summed E-state index contributed by atoms with van der Waals surface area (Å²) in [6.07, 6.45) is 1.67. The summed E-state index contributed by atoms with van der Waals surface area (Å²) < 4.78 is 37.8. The lowest BCUT2D eigenvalue weighted by molar-refractivity contribution is -0.119. The van der Waals surface area contributed by atoms with Gasteiger partial charge < -0.3 is 9.80 Å². The number of hydrogen-bond acceptors (Lipinski definition) is 5. The maximum absolute atomic E-state index is 13.2. The van der Waals surface area contributed by atoms with Crippen LogP contribution in [-0.2, 0) is 11.3 Å². The molecule has 0 spiro atoms. The Kier molecular flexibility index (Phi) is 5.96. The molecule has 0 aliphatic carbocycles. The first-order chi connectivity index (χ1) is 15.6. The molecule has 0 radical (unpaired) electrons. The number of aromatic nitrogens is 1. The highest BCUT2D eigenvalue weighted by molar-refractivity contribution is 8.00. The van der Waals surface area contributed by atoms with E-state index in [2.05, 4.69) is 4.98 Å². The Morgan fingerprint density at radius 2 is 1.76 bits per heavy atom. The topological polar surface area (TPSA) is 56.8 Å². The van der Waals surface area contributed by atoms with Crippen LogP contribution in [0, 0.1) is 0 Å². The van der Waals surface area contributed by atoms with Crippen LogP contribution in [-0.4, -0.2) is 47.5 Å². The fraction of sp³-hybridized carbons (Fsp3) is 0.261. The number of anilines is 2. The smallest absolute Gasteiger partial charge is 0.376 e. The lowest BCUT2D eigenvalue weighted by Gasteiger charge is -2.21. The third kappa shape index (κ3) is 4.47. The van der Waals surface area contributed by atoms with Crippen LogP contribution in [0.5, 0.6) is 0 Å². The van der Waals surface area contributed by atoms with Crippen LogP contribution in [0.15, 0.2) is 59.6 Å². The van der Waals surface area contributed by atoms with Crippen molar-refractivity contribution in [2.75, 3.05) is 23.9 Å². The van der Waals surface area contributed by atoms with Gasteiger partial charge >= 0.3 is 11.5 Å². The molecule has 1 atom stereocenters. The van der Waals surface area contributed by atoms with E-state index in [0.29, 0.717) is 0 Å². The first-order valence-corrected chi connectivity index (χ1v) is 10.9. The van der Waals surface area contributed by atoms with Crippen molar-refractivity contribution in [2.45, 2.75) is 29.9 Å². The van der Waals surface area contributed by atoms with Crippen LogP contribution < -0.4 is 9.80 Å². The number of thioether (sulfide) groups is 1. The third-order valence-corrected chi connectivity index (χ3v) is 6.21. The van der Waals surface area contributed by atoms with Crippen molar-refractivity contribution >= 4 is 46.0 Å². The zero-order valence-electron chi connectivity index (χ0n) is 18.1. The number of hydrogen-bond donors (Lipinski definition) is 0. The molecule has 33 heavy (non-hydrogen) atoms. The lowest BCUT2D eigenvalue weighted by atomic mass is 10.1. The Hall–Kier alpha value is -3.27. The molecule has 2 heterocycles. The Bertz CT molecular complexity index is 1210. The lowest BCUT2D eigenvalue weighted by Crippen LogP contribution is -2.33. The number of carbonyl (C=O) groups excluding carboxylic acids is 2. The second kappa shape index (κ2) is 8.58. The van der Waals surface area contributed by atoms with Gasteiger partial charge in [0.05, 0.1) is 16.9 Å². The van der Waals surface area contributed by atoms with Crippen LogP contribution in [0.4, 0.5) is 29.3 Å². The van der Waals surface area contributed by atoms with Crippen LogP contribution in [0.2, 0.25) is 0 Å². The van der Waals surface area contributed by atoms with Gasteiger partial charge in [0.2, 0.25) is 0 Å². The van der Waals surface area contributed by atoms with Crippen molar-refractivity contribution in [1.82, 2.24) is 9.88 Å². The number of benzene rings is 2. The number of rotatable bonds is 5. The zero-order chi connectivity index (χ0) is 23.9. The highest BCUT2D eigenvalue weighted by Gasteiger charge is 2.43.